The molecular formula is C15H13Cl2Zr-. The summed E-state index contributed by atoms with van der Waals surface area (Å²) in [6.07, 6.45) is 0. The molecule has 0 aliphatic carbocycles. The van der Waals surface area contributed by atoms with Crippen molar-refractivity contribution in [2.24, 2.45) is 0 Å². The Hall–Kier alpha value is -0.487. The van der Waals surface area contributed by atoms with E-state index in [-0.39, 0.29) is 51.0 Å². The minimum Gasteiger partial charge on any atom is -0.168 e. The van der Waals surface area contributed by atoms with Crippen molar-refractivity contribution in [1.29, 1.82) is 0 Å². The van der Waals surface area contributed by atoms with E-state index in [1.54, 1.807) is 0 Å². The molecule has 92 valence electrons. The van der Waals surface area contributed by atoms with Crippen LogP contribution in [0.25, 0.3) is 21.9 Å². The van der Waals surface area contributed by atoms with Gasteiger partial charge in [0.1, 0.15) is 0 Å². The normalized spacial score (nSPS) is 8.89. The third-order valence-electron chi connectivity index (χ3n) is 2.76. The van der Waals surface area contributed by atoms with Crippen LogP contribution >= 0.6 is 24.8 Å². The Morgan fingerprint density at radius 2 is 1.44 bits per heavy atom. The Bertz CT molecular complexity index is 588. The second-order valence-electron chi connectivity index (χ2n) is 3.70. The molecule has 3 heteroatoms. The molecule has 0 bridgehead atoms. The van der Waals surface area contributed by atoms with Gasteiger partial charge >= 0.3 is 0 Å². The second-order valence-corrected chi connectivity index (χ2v) is 3.70. The van der Waals surface area contributed by atoms with E-state index < -0.39 is 0 Å². The van der Waals surface area contributed by atoms with Gasteiger partial charge in [0.2, 0.25) is 0 Å². The molecule has 0 N–H and O–H groups in total. The summed E-state index contributed by atoms with van der Waals surface area (Å²) < 4.78 is 0. The summed E-state index contributed by atoms with van der Waals surface area (Å²) >= 11 is 0. The summed E-state index contributed by atoms with van der Waals surface area (Å²) in [5.74, 6) is 0. The quantitative estimate of drug-likeness (QED) is 0.535. The van der Waals surface area contributed by atoms with Crippen molar-refractivity contribution in [3.63, 3.8) is 0 Å². The summed E-state index contributed by atoms with van der Waals surface area (Å²) in [5.41, 5.74) is 2.60. The number of fused-ring (bicyclic) bond motifs is 1. The van der Waals surface area contributed by atoms with Gasteiger partial charge in [0.25, 0.3) is 0 Å². The third-order valence-corrected chi connectivity index (χ3v) is 2.76. The molecule has 0 amide bonds. The Labute approximate surface area is 139 Å². The fourth-order valence-electron chi connectivity index (χ4n) is 2.03. The fourth-order valence-corrected chi connectivity index (χ4v) is 2.03. The van der Waals surface area contributed by atoms with E-state index in [0.29, 0.717) is 0 Å². The summed E-state index contributed by atoms with van der Waals surface area (Å²) in [6, 6.07) is 23.4. The van der Waals surface area contributed by atoms with E-state index in [2.05, 4.69) is 66.7 Å². The van der Waals surface area contributed by atoms with Crippen molar-refractivity contribution < 1.29 is 26.2 Å². The molecule has 0 aliphatic heterocycles. The first-order chi connectivity index (χ1) is 7.45. The predicted molar refractivity (Wildman–Crippen MR) is 79.5 cm³/mol. The molecule has 0 fully saturated rings. The summed E-state index contributed by atoms with van der Waals surface area (Å²) in [6.45, 7) is 0. The van der Waals surface area contributed by atoms with E-state index in [9.17, 15) is 0 Å². The molecule has 3 aromatic carbocycles. The van der Waals surface area contributed by atoms with Crippen LogP contribution in [0.5, 0.6) is 0 Å². The zero-order valence-electron chi connectivity index (χ0n) is 9.67. The molecule has 0 saturated carbocycles. The monoisotopic (exact) mass is 353 g/mol. The molecule has 0 atom stereocenters. The predicted octanol–water partition coefficient (Wildman–Crippen LogP) is 5.07. The maximum atomic E-state index is 2.18. The standard InChI is InChI=1S/C15H11.2ClH.Zr/c1-2-6-12(7-3-1)14-10-4-8-13-9-5-11-15(13)14;;;/h1-11H;2*1H;/q-1;;;. The van der Waals surface area contributed by atoms with Crippen molar-refractivity contribution in [1.82, 2.24) is 0 Å². The van der Waals surface area contributed by atoms with Gasteiger partial charge in [-0.15, -0.1) is 53.8 Å². The minimum absolute atomic E-state index is 0. The molecular weight excluding hydrogens is 342 g/mol. The maximum Gasteiger partial charge on any atom is 0 e. The van der Waals surface area contributed by atoms with Crippen molar-refractivity contribution in [3.05, 3.63) is 66.7 Å². The Balaban J connectivity index is 0.000000963. The molecule has 3 aromatic rings. The smallest absolute Gasteiger partial charge is 0 e. The van der Waals surface area contributed by atoms with Crippen LogP contribution in [0.4, 0.5) is 0 Å². The van der Waals surface area contributed by atoms with Crippen LogP contribution in [0.3, 0.4) is 0 Å². The maximum absolute atomic E-state index is 2.18. The van der Waals surface area contributed by atoms with Crippen LogP contribution in [0, 0.1) is 0 Å². The largest absolute Gasteiger partial charge is 0.168 e. The zero-order valence-corrected chi connectivity index (χ0v) is 13.8. The molecule has 0 spiro atoms. The average molecular weight is 355 g/mol. The van der Waals surface area contributed by atoms with Gasteiger partial charge in [-0.2, -0.15) is 12.1 Å². The van der Waals surface area contributed by atoms with Gasteiger partial charge in [-0.1, -0.05) is 42.0 Å². The summed E-state index contributed by atoms with van der Waals surface area (Å²) in [5, 5.41) is 2.65. The van der Waals surface area contributed by atoms with E-state index >= 15 is 0 Å². The Kier molecular flexibility index (Phi) is 7.63. The number of halogens is 2. The van der Waals surface area contributed by atoms with Gasteiger partial charge in [0, 0.05) is 26.2 Å². The first-order valence-electron chi connectivity index (χ1n) is 5.15. The van der Waals surface area contributed by atoms with Crippen LogP contribution < -0.4 is 0 Å². The van der Waals surface area contributed by atoms with Gasteiger partial charge < -0.3 is 0 Å². The average Bonchev–Trinajstić information content (AvgIpc) is 2.78. The van der Waals surface area contributed by atoms with E-state index in [1.807, 2.05) is 0 Å². The molecule has 0 aliphatic rings. The van der Waals surface area contributed by atoms with Crippen LogP contribution in [-0.2, 0) is 26.2 Å². The number of hydrogen-bond acceptors (Lipinski definition) is 0. The first kappa shape index (κ1) is 17.5. The third kappa shape index (κ3) is 3.29. The molecule has 0 saturated heterocycles. The number of rotatable bonds is 1. The van der Waals surface area contributed by atoms with Crippen molar-refractivity contribution in [2.75, 3.05) is 0 Å². The number of hydrogen-bond donors (Lipinski definition) is 0. The van der Waals surface area contributed by atoms with Crippen LogP contribution in [0.1, 0.15) is 0 Å². The van der Waals surface area contributed by atoms with E-state index in [0.717, 1.165) is 0 Å². The molecule has 0 nitrogen and oxygen atoms in total. The molecule has 0 radical (unpaired) electrons. The number of benzene rings is 2. The molecule has 0 heterocycles. The second kappa shape index (κ2) is 7.84. The Morgan fingerprint density at radius 1 is 0.722 bits per heavy atom. The summed E-state index contributed by atoms with van der Waals surface area (Å²) in [4.78, 5) is 0. The van der Waals surface area contributed by atoms with Crippen LogP contribution in [0.2, 0.25) is 0 Å². The van der Waals surface area contributed by atoms with Crippen LogP contribution in [0.15, 0.2) is 66.7 Å². The molecule has 3 rings (SSSR count). The zero-order chi connectivity index (χ0) is 10.1. The molecule has 18 heavy (non-hydrogen) atoms. The minimum atomic E-state index is 0. The van der Waals surface area contributed by atoms with Crippen molar-refractivity contribution in [3.8, 4) is 11.1 Å². The van der Waals surface area contributed by atoms with Gasteiger partial charge in [-0.05, 0) is 5.56 Å². The SMILES string of the molecule is Cl.Cl.[Zr].c1ccc(-c2cccc3[cH-]ccc23)cc1. The van der Waals surface area contributed by atoms with E-state index in [1.165, 1.54) is 21.9 Å². The van der Waals surface area contributed by atoms with E-state index in [4.69, 9.17) is 0 Å². The summed E-state index contributed by atoms with van der Waals surface area (Å²) in [7, 11) is 0. The van der Waals surface area contributed by atoms with Crippen molar-refractivity contribution in [2.45, 2.75) is 0 Å². The molecule has 0 unspecified atom stereocenters. The van der Waals surface area contributed by atoms with Gasteiger partial charge in [0.15, 0.2) is 0 Å². The van der Waals surface area contributed by atoms with Gasteiger partial charge in [0.05, 0.1) is 0 Å². The Morgan fingerprint density at radius 3 is 2.17 bits per heavy atom. The molecule has 0 aromatic heterocycles. The van der Waals surface area contributed by atoms with Gasteiger partial charge in [-0.25, -0.2) is 0 Å². The van der Waals surface area contributed by atoms with Gasteiger partial charge in [-0.3, -0.25) is 0 Å². The van der Waals surface area contributed by atoms with Crippen LogP contribution in [-0.4, -0.2) is 0 Å². The topological polar surface area (TPSA) is 0 Å². The first-order valence-corrected chi connectivity index (χ1v) is 5.15. The van der Waals surface area contributed by atoms with Crippen molar-refractivity contribution >= 4 is 35.6 Å². The fraction of sp³-hybridized carbons (Fsp3) is 0.